The quantitative estimate of drug-likeness (QED) is 0.272. The molecule has 3 aromatic rings. The Bertz CT molecular complexity index is 1180. The van der Waals surface area contributed by atoms with Crippen LogP contribution in [0.5, 0.6) is 5.75 Å². The minimum absolute atomic E-state index is 0.0200. The number of nitrogens with one attached hydrogen (secondary N) is 1. The highest BCUT2D eigenvalue weighted by Crippen LogP contribution is 2.35. The van der Waals surface area contributed by atoms with Crippen molar-refractivity contribution in [2.75, 3.05) is 5.32 Å². The predicted molar refractivity (Wildman–Crippen MR) is 131 cm³/mol. The van der Waals surface area contributed by atoms with Crippen LogP contribution >= 0.6 is 31.9 Å². The molecule has 0 bridgehead atoms. The van der Waals surface area contributed by atoms with Crippen LogP contribution in [-0.2, 0) is 11.4 Å². The van der Waals surface area contributed by atoms with Gasteiger partial charge in [0.05, 0.1) is 4.47 Å². The summed E-state index contributed by atoms with van der Waals surface area (Å²) in [4.78, 5) is 12.7. The van der Waals surface area contributed by atoms with E-state index in [-0.39, 0.29) is 5.57 Å². The van der Waals surface area contributed by atoms with Crippen LogP contribution in [-0.4, -0.2) is 5.91 Å². The van der Waals surface area contributed by atoms with Gasteiger partial charge in [-0.25, -0.2) is 0 Å². The number of amides is 1. The van der Waals surface area contributed by atoms with Crippen molar-refractivity contribution in [2.45, 2.75) is 20.5 Å². The molecular formula is C25H20Br2N2O2. The Morgan fingerprint density at radius 3 is 2.48 bits per heavy atom. The smallest absolute Gasteiger partial charge is 0.266 e. The van der Waals surface area contributed by atoms with E-state index in [0.717, 1.165) is 20.1 Å². The number of aryl methyl sites for hydroxylation is 2. The number of rotatable bonds is 6. The van der Waals surface area contributed by atoms with Gasteiger partial charge in [0.2, 0.25) is 0 Å². The zero-order valence-electron chi connectivity index (χ0n) is 17.1. The number of nitriles is 1. The summed E-state index contributed by atoms with van der Waals surface area (Å²) < 4.78 is 7.57. The Labute approximate surface area is 198 Å². The van der Waals surface area contributed by atoms with Crippen molar-refractivity contribution >= 4 is 49.5 Å². The summed E-state index contributed by atoms with van der Waals surface area (Å²) >= 11 is 6.99. The highest BCUT2D eigenvalue weighted by atomic mass is 79.9. The van der Waals surface area contributed by atoms with E-state index in [1.54, 1.807) is 6.07 Å². The highest BCUT2D eigenvalue weighted by Gasteiger charge is 2.15. The van der Waals surface area contributed by atoms with Gasteiger partial charge in [0.25, 0.3) is 5.91 Å². The average molecular weight is 540 g/mol. The largest absolute Gasteiger partial charge is 0.487 e. The average Bonchev–Trinajstić information content (AvgIpc) is 2.74. The molecule has 0 heterocycles. The van der Waals surface area contributed by atoms with Crippen LogP contribution in [0.2, 0.25) is 0 Å². The van der Waals surface area contributed by atoms with Crippen molar-refractivity contribution in [3.05, 3.63) is 97.4 Å². The number of ether oxygens (including phenoxy) is 1. The van der Waals surface area contributed by atoms with E-state index in [4.69, 9.17) is 4.74 Å². The van der Waals surface area contributed by atoms with Gasteiger partial charge in [-0.3, -0.25) is 4.79 Å². The lowest BCUT2D eigenvalue weighted by Gasteiger charge is -2.13. The number of carbonyl (C=O) groups is 1. The molecule has 0 atom stereocenters. The van der Waals surface area contributed by atoms with Crippen LogP contribution in [0.15, 0.2) is 75.2 Å². The molecule has 0 aliphatic carbocycles. The molecule has 0 saturated carbocycles. The summed E-state index contributed by atoms with van der Waals surface area (Å²) in [6.45, 7) is 4.29. The minimum Gasteiger partial charge on any atom is -0.487 e. The lowest BCUT2D eigenvalue weighted by atomic mass is 10.1. The van der Waals surface area contributed by atoms with Gasteiger partial charge in [-0.1, -0.05) is 64.0 Å². The molecule has 156 valence electrons. The topological polar surface area (TPSA) is 62.1 Å². The van der Waals surface area contributed by atoms with Gasteiger partial charge in [-0.15, -0.1) is 0 Å². The third-order valence-electron chi connectivity index (χ3n) is 4.60. The van der Waals surface area contributed by atoms with Gasteiger partial charge in [0.1, 0.15) is 24.0 Å². The van der Waals surface area contributed by atoms with Crippen molar-refractivity contribution in [1.82, 2.24) is 0 Å². The molecule has 3 aromatic carbocycles. The monoisotopic (exact) mass is 538 g/mol. The molecule has 6 heteroatoms. The molecule has 3 rings (SSSR count). The molecule has 0 radical (unpaired) electrons. The SMILES string of the molecule is Cc1ccc(COc2c(Br)cc(Br)cc2/C=C(\C#N)C(=O)Nc2ccccc2C)cc1. The van der Waals surface area contributed by atoms with Crippen LogP contribution < -0.4 is 10.1 Å². The van der Waals surface area contributed by atoms with Crippen molar-refractivity contribution in [3.63, 3.8) is 0 Å². The van der Waals surface area contributed by atoms with Gasteiger partial charge in [0.15, 0.2) is 0 Å². The molecule has 0 unspecified atom stereocenters. The van der Waals surface area contributed by atoms with E-state index in [0.29, 0.717) is 23.6 Å². The fraction of sp³-hybridized carbons (Fsp3) is 0.120. The van der Waals surface area contributed by atoms with Gasteiger partial charge < -0.3 is 10.1 Å². The standard InChI is InChI=1S/C25H20Br2N2O2/c1-16-7-9-18(10-8-16)15-31-24-19(12-21(26)13-22(24)27)11-20(14-28)25(30)29-23-6-4-3-5-17(23)2/h3-13H,15H2,1-2H3,(H,29,30)/b20-11+. The number of hydrogen-bond acceptors (Lipinski definition) is 3. The normalized spacial score (nSPS) is 11.0. The zero-order valence-corrected chi connectivity index (χ0v) is 20.2. The molecular weight excluding hydrogens is 520 g/mol. The maximum absolute atomic E-state index is 12.7. The van der Waals surface area contributed by atoms with Crippen molar-refractivity contribution < 1.29 is 9.53 Å². The molecule has 0 aromatic heterocycles. The first-order valence-electron chi connectivity index (χ1n) is 9.53. The lowest BCUT2D eigenvalue weighted by molar-refractivity contribution is -0.112. The van der Waals surface area contributed by atoms with Crippen LogP contribution in [0.3, 0.4) is 0 Å². The van der Waals surface area contributed by atoms with Crippen LogP contribution in [0, 0.1) is 25.2 Å². The summed E-state index contributed by atoms with van der Waals surface area (Å²) in [6.07, 6.45) is 1.54. The summed E-state index contributed by atoms with van der Waals surface area (Å²) in [5.41, 5.74) is 4.38. The number of halogens is 2. The maximum atomic E-state index is 12.7. The first kappa shape index (κ1) is 22.8. The van der Waals surface area contributed by atoms with Gasteiger partial charge in [-0.05, 0) is 65.2 Å². The molecule has 0 aliphatic heterocycles. The summed E-state index contributed by atoms with van der Waals surface area (Å²) in [6, 6.07) is 21.2. The number of anilines is 1. The zero-order chi connectivity index (χ0) is 22.4. The Kier molecular flexibility index (Phi) is 7.67. The lowest BCUT2D eigenvalue weighted by Crippen LogP contribution is -2.14. The Morgan fingerprint density at radius 2 is 1.81 bits per heavy atom. The van der Waals surface area contributed by atoms with E-state index in [1.165, 1.54) is 11.6 Å². The summed E-state index contributed by atoms with van der Waals surface area (Å²) in [5, 5.41) is 12.4. The van der Waals surface area contributed by atoms with E-state index in [1.807, 2.05) is 74.5 Å². The Balaban J connectivity index is 1.89. The molecule has 1 N–H and O–H groups in total. The number of hydrogen-bond donors (Lipinski definition) is 1. The Morgan fingerprint density at radius 1 is 1.10 bits per heavy atom. The minimum atomic E-state index is -0.475. The first-order chi connectivity index (χ1) is 14.9. The molecule has 0 fully saturated rings. The van der Waals surface area contributed by atoms with Crippen LogP contribution in [0.1, 0.15) is 22.3 Å². The third kappa shape index (κ3) is 6.06. The number of benzene rings is 3. The van der Waals surface area contributed by atoms with E-state index in [2.05, 4.69) is 37.2 Å². The fourth-order valence-electron chi connectivity index (χ4n) is 2.89. The van der Waals surface area contributed by atoms with E-state index < -0.39 is 5.91 Å². The highest BCUT2D eigenvalue weighted by molar-refractivity contribution is 9.11. The molecule has 31 heavy (non-hydrogen) atoms. The first-order valence-corrected chi connectivity index (χ1v) is 11.1. The maximum Gasteiger partial charge on any atom is 0.266 e. The fourth-order valence-corrected chi connectivity index (χ4v) is 4.26. The molecule has 0 spiro atoms. The number of carbonyl (C=O) groups excluding carboxylic acids is 1. The van der Waals surface area contributed by atoms with Gasteiger partial charge in [-0.2, -0.15) is 5.26 Å². The molecule has 0 aliphatic rings. The number of para-hydroxylation sites is 1. The summed E-state index contributed by atoms with van der Waals surface area (Å²) in [7, 11) is 0. The summed E-state index contributed by atoms with van der Waals surface area (Å²) in [5.74, 6) is 0.0811. The second-order valence-electron chi connectivity index (χ2n) is 7.02. The van der Waals surface area contributed by atoms with Crippen molar-refractivity contribution in [1.29, 1.82) is 5.26 Å². The molecule has 4 nitrogen and oxygen atoms in total. The number of nitrogens with zero attached hydrogens (tertiary/aromatic N) is 1. The van der Waals surface area contributed by atoms with Crippen LogP contribution in [0.25, 0.3) is 6.08 Å². The van der Waals surface area contributed by atoms with Gasteiger partial charge in [0, 0.05) is 15.7 Å². The van der Waals surface area contributed by atoms with Crippen molar-refractivity contribution in [3.8, 4) is 11.8 Å². The third-order valence-corrected chi connectivity index (χ3v) is 5.65. The molecule has 0 saturated heterocycles. The van der Waals surface area contributed by atoms with Crippen molar-refractivity contribution in [2.24, 2.45) is 0 Å². The van der Waals surface area contributed by atoms with Gasteiger partial charge >= 0.3 is 0 Å². The molecule has 1 amide bonds. The second kappa shape index (κ2) is 10.4. The Hall–Kier alpha value is -2.88. The second-order valence-corrected chi connectivity index (χ2v) is 8.79. The van der Waals surface area contributed by atoms with Crippen LogP contribution in [0.4, 0.5) is 5.69 Å². The van der Waals surface area contributed by atoms with E-state index in [9.17, 15) is 10.1 Å². The van der Waals surface area contributed by atoms with E-state index >= 15 is 0 Å². The predicted octanol–water partition coefficient (Wildman–Crippen LogP) is 6.95.